The molecule has 6 rings (SSSR count). The molecule has 0 radical (unpaired) electrons. The molecule has 0 saturated carbocycles. The highest BCUT2D eigenvalue weighted by atomic mass is 28.4. The number of carbonyl (C=O) groups excluding carboxylic acids is 6. The number of anilines is 3. The fraction of sp³-hybridized carbons (Fsp3) is 0.579. The third kappa shape index (κ3) is 27.4. The highest BCUT2D eigenvalue weighted by molar-refractivity contribution is 6.74. The van der Waals surface area contributed by atoms with E-state index in [0.717, 1.165) is 39.9 Å². The molecular weight excluding hydrogens is 1470 g/mol. The van der Waals surface area contributed by atoms with E-state index in [1.165, 1.54) is 13.1 Å². The fourth-order valence-corrected chi connectivity index (χ4v) is 9.78. The zero-order chi connectivity index (χ0) is 79.5. The number of amides is 6. The van der Waals surface area contributed by atoms with Gasteiger partial charge in [-0.2, -0.15) is 54.5 Å². The summed E-state index contributed by atoms with van der Waals surface area (Å²) in [5.41, 5.74) is 22.6. The Morgan fingerprint density at radius 1 is 0.538 bits per heavy atom. The van der Waals surface area contributed by atoms with Gasteiger partial charge in [-0.3, -0.25) is 42.5 Å². The second-order valence-corrected chi connectivity index (χ2v) is 28.1. The van der Waals surface area contributed by atoms with Gasteiger partial charge in [0.05, 0.1) is 74.5 Å². The van der Waals surface area contributed by atoms with E-state index in [2.05, 4.69) is 130 Å². The molecule has 49 heteroatoms. The van der Waals surface area contributed by atoms with Crippen LogP contribution in [0.3, 0.4) is 0 Å². The van der Waals surface area contributed by atoms with Crippen LogP contribution in [0.2, 0.25) is 18.1 Å². The third-order valence-electron chi connectivity index (χ3n) is 14.7. The molecule has 3 aromatic rings. The molecule has 3 fully saturated rings. The van der Waals surface area contributed by atoms with Crippen LogP contribution in [0, 0.1) is 35.5 Å². The standard InChI is InChI=1S/C23H32F3N7O6Si.2C17H18F3N7O6/c1-14(34)30-19-15(8-7-9-28-20(35)23(24,25)26)11-33(21(36)31-19)18-10-16(37-13-29-32-27)17(39-18)12-38-40(5,6)22(2,3)4;2*1-9(29)24-14-10(3-2-4-22-15(30)17(18,19)20)6-27(16(31)25-14)13-5-11(12(7-28)33-13)32-8-23-26-21/h11,16-18H,9-10,12-13H2,1-6H3,(H,28,35)(H,30,31,34,36);2*6,11-13,28H,4-5,7-8H2,1H3,(H,22,30)(H,24,25,29,31). The van der Waals surface area contributed by atoms with Gasteiger partial charge in [0.15, 0.2) is 25.8 Å². The number of aliphatic hydroxyl groups excluding tert-OH is 2. The minimum absolute atomic E-state index is 0.00724. The van der Waals surface area contributed by atoms with Crippen molar-refractivity contribution in [3.05, 3.63) is 98.1 Å². The van der Waals surface area contributed by atoms with Gasteiger partial charge in [-0.25, -0.2) is 14.4 Å². The summed E-state index contributed by atoms with van der Waals surface area (Å²) in [4.78, 5) is 124. The summed E-state index contributed by atoms with van der Waals surface area (Å²) in [6.07, 6.45) is -18.7. The average Bonchev–Trinajstić information content (AvgIpc) is 1.61. The van der Waals surface area contributed by atoms with E-state index in [9.17, 15) is 92.9 Å². The minimum Gasteiger partial charge on any atom is -0.414 e. The van der Waals surface area contributed by atoms with E-state index in [-0.39, 0.29) is 85.2 Å². The molecule has 6 amide bonds. The van der Waals surface area contributed by atoms with Crippen LogP contribution in [0.4, 0.5) is 57.0 Å². The van der Waals surface area contributed by atoms with Gasteiger partial charge in [-0.1, -0.05) is 71.6 Å². The molecular formula is C57H68F9N21O18Si. The Morgan fingerprint density at radius 3 is 1.06 bits per heavy atom. The van der Waals surface area contributed by atoms with Crippen LogP contribution in [0.5, 0.6) is 0 Å². The number of hydrogen-bond donors (Lipinski definition) is 8. The van der Waals surface area contributed by atoms with Crippen LogP contribution in [0.25, 0.3) is 31.3 Å². The summed E-state index contributed by atoms with van der Waals surface area (Å²) in [5, 5.41) is 40.3. The van der Waals surface area contributed by atoms with E-state index >= 15 is 0 Å². The second kappa shape index (κ2) is 40.0. The first-order valence-corrected chi connectivity index (χ1v) is 33.4. The van der Waals surface area contributed by atoms with Crippen LogP contribution in [0.15, 0.2) is 48.3 Å². The maximum Gasteiger partial charge on any atom is 0.471 e. The van der Waals surface area contributed by atoms with Crippen molar-refractivity contribution >= 4 is 61.2 Å². The Bertz CT molecular complexity index is 4050. The molecule has 39 nitrogen and oxygen atoms in total. The number of hydrogen-bond acceptors (Lipinski definition) is 24. The zero-order valence-electron chi connectivity index (χ0n) is 56.9. The highest BCUT2D eigenvalue weighted by Crippen LogP contribution is 2.39. The summed E-state index contributed by atoms with van der Waals surface area (Å²) in [5.74, 6) is 5.32. The lowest BCUT2D eigenvalue weighted by Gasteiger charge is -2.37. The number of rotatable bonds is 23. The fourth-order valence-electron chi connectivity index (χ4n) is 8.77. The summed E-state index contributed by atoms with van der Waals surface area (Å²) < 4.78 is 154. The molecule has 3 aromatic heterocycles. The smallest absolute Gasteiger partial charge is 0.414 e. The number of halogens is 9. The molecule has 3 aliphatic heterocycles. The van der Waals surface area contributed by atoms with Crippen molar-refractivity contribution < 1.29 is 111 Å². The molecule has 3 saturated heterocycles. The van der Waals surface area contributed by atoms with Crippen molar-refractivity contribution in [2.45, 2.75) is 153 Å². The van der Waals surface area contributed by atoms with Crippen LogP contribution in [-0.2, 0) is 61.6 Å². The molecule has 0 aliphatic carbocycles. The third-order valence-corrected chi connectivity index (χ3v) is 19.2. The topological polar surface area (TPSA) is 531 Å². The van der Waals surface area contributed by atoms with Gasteiger partial charge in [0, 0.05) is 73.4 Å². The van der Waals surface area contributed by atoms with Gasteiger partial charge in [-0.15, -0.1) is 0 Å². The Kier molecular flexibility index (Phi) is 33.1. The predicted molar refractivity (Wildman–Crippen MR) is 346 cm³/mol. The van der Waals surface area contributed by atoms with E-state index in [4.69, 9.17) is 49.4 Å². The van der Waals surface area contributed by atoms with Crippen molar-refractivity contribution in [2.75, 3.05) is 75.6 Å². The maximum absolute atomic E-state index is 12.9. The van der Waals surface area contributed by atoms with Crippen molar-refractivity contribution in [1.29, 1.82) is 0 Å². The van der Waals surface area contributed by atoms with Gasteiger partial charge in [0.1, 0.15) is 57.2 Å². The van der Waals surface area contributed by atoms with Crippen molar-refractivity contribution in [1.82, 2.24) is 44.6 Å². The Labute approximate surface area is 592 Å². The number of nitrogens with zero attached hydrogens (tertiary/aromatic N) is 15. The first kappa shape index (κ1) is 87.7. The molecule has 0 bridgehead atoms. The molecule has 0 spiro atoms. The number of alkyl halides is 9. The molecule has 9 atom stereocenters. The summed E-state index contributed by atoms with van der Waals surface area (Å²) >= 11 is 0. The highest BCUT2D eigenvalue weighted by Gasteiger charge is 2.44. The molecule has 576 valence electrons. The van der Waals surface area contributed by atoms with Crippen molar-refractivity contribution in [2.24, 2.45) is 15.3 Å². The Hall–Kier alpha value is -10.7. The van der Waals surface area contributed by atoms with Crippen molar-refractivity contribution in [3.8, 4) is 35.5 Å². The average molecular weight is 1530 g/mol. The zero-order valence-corrected chi connectivity index (χ0v) is 57.9. The summed E-state index contributed by atoms with van der Waals surface area (Å²) in [6, 6.07) is 0. The SMILES string of the molecule is CC(=O)Nc1nc(=O)n(C2CC(OCN=[N+]=[N-])C(CO)O2)cc1C#CCNC(=O)C(F)(F)F.CC(=O)Nc1nc(=O)n(C2CC(OCN=[N+]=[N-])C(CO)O2)cc1C#CCNC(=O)C(F)(F)F.CC(=O)Nc1nc(=O)n(C2CC(OCN=[N+]=[N-])C(CO[Si](C)(C)C(C)(C)C)O2)cc1C#CCNC(=O)C(F)(F)F. The van der Waals surface area contributed by atoms with E-state index < -0.39 is 168 Å². The summed E-state index contributed by atoms with van der Waals surface area (Å²) in [7, 11) is -2.18. The number of nitrogens with one attached hydrogen (secondary N) is 6. The first-order valence-electron chi connectivity index (χ1n) is 30.5. The lowest BCUT2D eigenvalue weighted by atomic mass is 10.2. The molecule has 6 heterocycles. The molecule has 9 unspecified atom stereocenters. The Morgan fingerprint density at radius 2 is 0.811 bits per heavy atom. The van der Waals surface area contributed by atoms with E-state index in [1.807, 2.05) is 0 Å². The quantitative estimate of drug-likeness (QED) is 0.0168. The van der Waals surface area contributed by atoms with Gasteiger partial charge < -0.3 is 75.0 Å². The molecule has 0 aromatic carbocycles. The lowest BCUT2D eigenvalue weighted by Crippen LogP contribution is -2.44. The molecule has 106 heavy (non-hydrogen) atoms. The van der Waals surface area contributed by atoms with Gasteiger partial charge in [0.25, 0.3) is 0 Å². The predicted octanol–water partition coefficient (Wildman–Crippen LogP) is 3.52. The van der Waals surface area contributed by atoms with Crippen LogP contribution < -0.4 is 49.0 Å². The van der Waals surface area contributed by atoms with Gasteiger partial charge in [-0.05, 0) is 34.7 Å². The maximum atomic E-state index is 12.9. The van der Waals surface area contributed by atoms with Crippen LogP contribution in [0.1, 0.15) is 96.2 Å². The number of aliphatic hydroxyl groups is 2. The van der Waals surface area contributed by atoms with Crippen LogP contribution in [-0.4, -0.2) is 197 Å². The van der Waals surface area contributed by atoms with Crippen molar-refractivity contribution in [3.63, 3.8) is 0 Å². The molecule has 8 N–H and O–H groups in total. The lowest BCUT2D eigenvalue weighted by molar-refractivity contribution is -0.173. The van der Waals surface area contributed by atoms with Gasteiger partial charge in [0.2, 0.25) is 17.7 Å². The Balaban J connectivity index is 0.000000338. The molecule has 3 aliphatic rings. The van der Waals surface area contributed by atoms with Crippen LogP contribution >= 0.6 is 0 Å². The van der Waals surface area contributed by atoms with E-state index in [0.29, 0.717) is 0 Å². The largest absolute Gasteiger partial charge is 0.471 e. The summed E-state index contributed by atoms with van der Waals surface area (Å²) in [6.45, 7) is 10.1. The van der Waals surface area contributed by atoms with E-state index in [1.54, 1.807) is 16.0 Å². The number of carbonyl (C=O) groups is 6. The number of ether oxygens (including phenoxy) is 6. The first-order chi connectivity index (χ1) is 49.6. The number of azide groups is 3. The number of aromatic nitrogens is 6. The normalized spacial score (nSPS) is 19.6. The second-order valence-electron chi connectivity index (χ2n) is 23.3. The van der Waals surface area contributed by atoms with Gasteiger partial charge >= 0.3 is 53.3 Å². The minimum atomic E-state index is -5.07. The monoisotopic (exact) mass is 1530 g/mol.